The lowest BCUT2D eigenvalue weighted by molar-refractivity contribution is -0.176. The van der Waals surface area contributed by atoms with E-state index in [1.54, 1.807) is 7.05 Å². The lowest BCUT2D eigenvalue weighted by Gasteiger charge is -2.14. The van der Waals surface area contributed by atoms with Gasteiger partial charge in [-0.3, -0.25) is 9.63 Å². The monoisotopic (exact) mass is 205 g/mol. The molecule has 0 bridgehead atoms. The highest BCUT2D eigenvalue weighted by Gasteiger charge is 2.05. The molecule has 3 nitrogen and oxygen atoms in total. The molecule has 0 heterocycles. The van der Waals surface area contributed by atoms with Crippen LogP contribution in [0, 0.1) is 0 Å². The predicted octanol–water partition coefficient (Wildman–Crippen LogP) is 3.25. The third-order valence-corrected chi connectivity index (χ3v) is 1.14. The molecule has 0 saturated heterocycles. The average molecular weight is 205 g/mol. The Morgan fingerprint density at radius 2 is 1.57 bits per heavy atom. The van der Waals surface area contributed by atoms with E-state index in [0.717, 1.165) is 6.42 Å². The molecule has 0 aliphatic rings. The summed E-state index contributed by atoms with van der Waals surface area (Å²) in [7, 11) is 1.64. The highest BCUT2D eigenvalue weighted by Crippen LogP contribution is 1.94. The fraction of sp³-hybridized carbons (Fsp3) is 0.909. The second-order valence-electron chi connectivity index (χ2n) is 2.06. The molecule has 0 N–H and O–H groups in total. The van der Waals surface area contributed by atoms with E-state index in [1.807, 2.05) is 41.5 Å². The number of amides is 1. The van der Waals surface area contributed by atoms with Crippen molar-refractivity contribution in [3.05, 3.63) is 0 Å². The number of nitrogens with zero attached hydrogens (tertiary/aromatic N) is 1. The molecule has 88 valence electrons. The van der Waals surface area contributed by atoms with Crippen LogP contribution in [0.5, 0.6) is 0 Å². The van der Waals surface area contributed by atoms with Gasteiger partial charge in [-0.2, -0.15) is 0 Å². The van der Waals surface area contributed by atoms with E-state index in [4.69, 9.17) is 4.84 Å². The quantitative estimate of drug-likeness (QED) is 0.659. The Bertz CT molecular complexity index is 105. The van der Waals surface area contributed by atoms with Gasteiger partial charge in [0.25, 0.3) is 0 Å². The minimum atomic E-state index is 0.0457. The minimum absolute atomic E-state index is 0.0457. The van der Waals surface area contributed by atoms with Gasteiger partial charge in [0.2, 0.25) is 5.91 Å². The zero-order valence-electron chi connectivity index (χ0n) is 10.9. The smallest absolute Gasteiger partial charge is 0.245 e. The maximum Gasteiger partial charge on any atom is 0.245 e. The van der Waals surface area contributed by atoms with Crippen molar-refractivity contribution < 1.29 is 9.63 Å². The molecule has 0 rings (SSSR count). The van der Waals surface area contributed by atoms with Crippen LogP contribution in [0.25, 0.3) is 0 Å². The molecule has 0 atom stereocenters. The highest BCUT2D eigenvalue weighted by molar-refractivity contribution is 5.74. The summed E-state index contributed by atoms with van der Waals surface area (Å²) in [5.41, 5.74) is 0. The molecular weight excluding hydrogens is 178 g/mol. The van der Waals surface area contributed by atoms with Crippen molar-refractivity contribution in [2.75, 3.05) is 13.7 Å². The number of hydrogen-bond acceptors (Lipinski definition) is 2. The van der Waals surface area contributed by atoms with Crippen LogP contribution in [-0.4, -0.2) is 24.6 Å². The molecule has 0 saturated carbocycles. The molecule has 0 aliphatic heterocycles. The average Bonchev–Trinajstić information content (AvgIpc) is 2.24. The zero-order valence-corrected chi connectivity index (χ0v) is 10.9. The molecule has 0 unspecified atom stereocenters. The maximum atomic E-state index is 10.9. The third-order valence-electron chi connectivity index (χ3n) is 1.14. The molecule has 1 amide bonds. The minimum Gasteiger partial charge on any atom is -0.273 e. The van der Waals surface area contributed by atoms with Crippen LogP contribution in [-0.2, 0) is 9.63 Å². The lowest BCUT2D eigenvalue weighted by Crippen LogP contribution is -2.26. The Labute approximate surface area is 89.4 Å². The summed E-state index contributed by atoms with van der Waals surface area (Å²) in [5, 5.41) is 1.30. The molecule has 3 heteroatoms. The maximum absolute atomic E-state index is 10.9. The topological polar surface area (TPSA) is 29.5 Å². The fourth-order valence-electron chi connectivity index (χ4n) is 0.637. The van der Waals surface area contributed by atoms with Gasteiger partial charge in [-0.05, 0) is 13.3 Å². The summed E-state index contributed by atoms with van der Waals surface area (Å²) < 4.78 is 0. The molecule has 0 spiro atoms. The van der Waals surface area contributed by atoms with Crippen molar-refractivity contribution in [3.8, 4) is 0 Å². The summed E-state index contributed by atoms with van der Waals surface area (Å²) in [6, 6.07) is 0. The number of carbonyl (C=O) groups is 1. The van der Waals surface area contributed by atoms with Gasteiger partial charge < -0.3 is 0 Å². The van der Waals surface area contributed by atoms with E-state index in [1.165, 1.54) is 5.06 Å². The highest BCUT2D eigenvalue weighted by atomic mass is 16.7. The van der Waals surface area contributed by atoms with Gasteiger partial charge in [0.05, 0.1) is 6.61 Å². The van der Waals surface area contributed by atoms with E-state index < -0.39 is 0 Å². The number of carbonyl (C=O) groups excluding carboxylic acids is 1. The Hall–Kier alpha value is -0.570. The summed E-state index contributed by atoms with van der Waals surface area (Å²) in [4.78, 5) is 15.9. The molecule has 0 aliphatic carbocycles. The molecule has 0 aromatic heterocycles. The standard InChI is InChI=1S/C7H15NO2.2C2H6/c1-4-6-7(9)8(3)10-5-2;2*1-2/h4-6H2,1-3H3;2*1-2H3. The van der Waals surface area contributed by atoms with Crippen molar-refractivity contribution in [2.45, 2.75) is 54.4 Å². The fourth-order valence-corrected chi connectivity index (χ4v) is 0.637. The van der Waals surface area contributed by atoms with Crippen molar-refractivity contribution in [1.29, 1.82) is 0 Å². The van der Waals surface area contributed by atoms with Crippen molar-refractivity contribution >= 4 is 5.91 Å². The van der Waals surface area contributed by atoms with E-state index in [2.05, 4.69) is 0 Å². The van der Waals surface area contributed by atoms with Gasteiger partial charge in [-0.25, -0.2) is 5.06 Å². The van der Waals surface area contributed by atoms with E-state index in [9.17, 15) is 4.79 Å². The van der Waals surface area contributed by atoms with Crippen LogP contribution in [0.1, 0.15) is 54.4 Å². The largest absolute Gasteiger partial charge is 0.273 e. The van der Waals surface area contributed by atoms with E-state index in [-0.39, 0.29) is 5.91 Å². The predicted molar refractivity (Wildman–Crippen MR) is 62.0 cm³/mol. The van der Waals surface area contributed by atoms with Crippen molar-refractivity contribution in [2.24, 2.45) is 0 Å². The number of hydroxylamine groups is 2. The Morgan fingerprint density at radius 1 is 1.14 bits per heavy atom. The van der Waals surface area contributed by atoms with Gasteiger partial charge >= 0.3 is 0 Å². The van der Waals surface area contributed by atoms with Crippen molar-refractivity contribution in [3.63, 3.8) is 0 Å². The second kappa shape index (κ2) is 18.3. The second-order valence-corrected chi connectivity index (χ2v) is 2.06. The lowest BCUT2D eigenvalue weighted by atomic mass is 10.3. The van der Waals surface area contributed by atoms with Gasteiger partial charge in [-0.15, -0.1) is 0 Å². The van der Waals surface area contributed by atoms with Crippen LogP contribution < -0.4 is 0 Å². The number of rotatable bonds is 4. The molecular formula is C11H27NO2. The van der Waals surface area contributed by atoms with Gasteiger partial charge in [-0.1, -0.05) is 34.6 Å². The van der Waals surface area contributed by atoms with Gasteiger partial charge in [0, 0.05) is 13.5 Å². The van der Waals surface area contributed by atoms with E-state index in [0.29, 0.717) is 13.0 Å². The van der Waals surface area contributed by atoms with Crippen LogP contribution in [0.15, 0.2) is 0 Å². The van der Waals surface area contributed by atoms with Crippen LogP contribution in [0.2, 0.25) is 0 Å². The van der Waals surface area contributed by atoms with Gasteiger partial charge in [0.15, 0.2) is 0 Å². The summed E-state index contributed by atoms with van der Waals surface area (Å²) >= 11 is 0. The first-order valence-corrected chi connectivity index (χ1v) is 5.61. The number of hydrogen-bond donors (Lipinski definition) is 0. The summed E-state index contributed by atoms with van der Waals surface area (Å²) in [6.45, 7) is 12.4. The van der Waals surface area contributed by atoms with Crippen LogP contribution in [0.4, 0.5) is 0 Å². The van der Waals surface area contributed by atoms with Gasteiger partial charge in [0.1, 0.15) is 0 Å². The Balaban J connectivity index is -0.000000266. The van der Waals surface area contributed by atoms with Crippen LogP contribution >= 0.6 is 0 Å². The summed E-state index contributed by atoms with van der Waals surface area (Å²) in [6.07, 6.45) is 1.44. The van der Waals surface area contributed by atoms with Crippen LogP contribution in [0.3, 0.4) is 0 Å². The first-order valence-electron chi connectivity index (χ1n) is 5.61. The molecule has 14 heavy (non-hydrogen) atoms. The summed E-state index contributed by atoms with van der Waals surface area (Å²) in [5.74, 6) is 0.0457. The molecule has 0 fully saturated rings. The zero-order chi connectivity index (χ0) is 12.0. The molecule has 0 radical (unpaired) electrons. The Kier molecular flexibility index (Phi) is 24.9. The normalized spacial score (nSPS) is 7.64. The first-order chi connectivity index (χ1) is 6.72. The molecule has 0 aromatic carbocycles. The third kappa shape index (κ3) is 14.0. The molecule has 0 aromatic rings. The SMILES string of the molecule is CC.CC.CCCC(=O)N(C)OCC. The Morgan fingerprint density at radius 3 is 1.86 bits per heavy atom. The van der Waals surface area contributed by atoms with Crippen molar-refractivity contribution in [1.82, 2.24) is 5.06 Å². The first kappa shape index (κ1) is 19.1. The van der Waals surface area contributed by atoms with E-state index >= 15 is 0 Å².